The first-order valence-corrected chi connectivity index (χ1v) is 8.68. The number of hydrogen-bond acceptors (Lipinski definition) is 3. The summed E-state index contributed by atoms with van der Waals surface area (Å²) < 4.78 is 0. The van der Waals surface area contributed by atoms with E-state index in [9.17, 15) is 4.79 Å². The molecule has 1 saturated heterocycles. The number of thioether (sulfide) groups is 1. The van der Waals surface area contributed by atoms with Gasteiger partial charge in [-0.1, -0.05) is 18.2 Å². The standard InChI is InChI=1S/C18H20N2OS/c21-18(16-8-10-19-11-9-16)20-12-4-5-15(13-20)14-22-17-6-2-1-3-7-17/h1-3,6-11,15H,4-5,12-14H2. The Morgan fingerprint density at radius 3 is 2.73 bits per heavy atom. The molecule has 0 bridgehead atoms. The second kappa shape index (κ2) is 7.45. The van der Waals surface area contributed by atoms with Crippen molar-refractivity contribution in [3.05, 3.63) is 60.4 Å². The predicted octanol–water partition coefficient (Wildman–Crippen LogP) is 3.73. The second-order valence-electron chi connectivity index (χ2n) is 5.62. The summed E-state index contributed by atoms with van der Waals surface area (Å²) >= 11 is 1.89. The molecule has 114 valence electrons. The lowest BCUT2D eigenvalue weighted by atomic mass is 9.99. The van der Waals surface area contributed by atoms with Gasteiger partial charge in [-0.25, -0.2) is 0 Å². The molecule has 1 fully saturated rings. The van der Waals surface area contributed by atoms with Crippen molar-refractivity contribution >= 4 is 17.7 Å². The molecule has 0 radical (unpaired) electrons. The fourth-order valence-corrected chi connectivity index (χ4v) is 3.84. The number of pyridine rings is 1. The zero-order valence-electron chi connectivity index (χ0n) is 12.5. The van der Waals surface area contributed by atoms with Crippen molar-refractivity contribution in [2.75, 3.05) is 18.8 Å². The van der Waals surface area contributed by atoms with Crippen LogP contribution in [0.3, 0.4) is 0 Å². The summed E-state index contributed by atoms with van der Waals surface area (Å²) in [6.07, 6.45) is 5.66. The fraction of sp³-hybridized carbons (Fsp3) is 0.333. The first-order chi connectivity index (χ1) is 10.8. The molecule has 4 heteroatoms. The average Bonchev–Trinajstić information content (AvgIpc) is 2.61. The van der Waals surface area contributed by atoms with E-state index in [-0.39, 0.29) is 5.91 Å². The van der Waals surface area contributed by atoms with E-state index < -0.39 is 0 Å². The number of nitrogens with zero attached hydrogens (tertiary/aromatic N) is 2. The quantitative estimate of drug-likeness (QED) is 0.807. The van der Waals surface area contributed by atoms with E-state index in [0.29, 0.717) is 5.92 Å². The van der Waals surface area contributed by atoms with Crippen LogP contribution in [0.5, 0.6) is 0 Å². The van der Waals surface area contributed by atoms with E-state index in [1.165, 1.54) is 11.3 Å². The van der Waals surface area contributed by atoms with Crippen LogP contribution in [-0.4, -0.2) is 34.6 Å². The molecule has 22 heavy (non-hydrogen) atoms. The van der Waals surface area contributed by atoms with E-state index in [2.05, 4.69) is 29.2 Å². The molecule has 0 aliphatic carbocycles. The summed E-state index contributed by atoms with van der Waals surface area (Å²) in [5.41, 5.74) is 0.742. The van der Waals surface area contributed by atoms with Crippen LogP contribution in [0.15, 0.2) is 59.8 Å². The molecule has 0 saturated carbocycles. The lowest BCUT2D eigenvalue weighted by Gasteiger charge is -2.32. The SMILES string of the molecule is O=C(c1ccncc1)N1CCCC(CSc2ccccc2)C1. The molecule has 1 atom stereocenters. The smallest absolute Gasteiger partial charge is 0.253 e. The highest BCUT2D eigenvalue weighted by atomic mass is 32.2. The van der Waals surface area contributed by atoms with Crippen molar-refractivity contribution in [1.29, 1.82) is 0 Å². The molecule has 0 spiro atoms. The molecule has 1 aliphatic heterocycles. The molecular weight excluding hydrogens is 292 g/mol. The minimum absolute atomic E-state index is 0.136. The largest absolute Gasteiger partial charge is 0.338 e. The summed E-state index contributed by atoms with van der Waals surface area (Å²) in [5.74, 6) is 1.78. The van der Waals surface area contributed by atoms with Gasteiger partial charge in [0.15, 0.2) is 0 Å². The fourth-order valence-electron chi connectivity index (χ4n) is 2.79. The van der Waals surface area contributed by atoms with Crippen LogP contribution >= 0.6 is 11.8 Å². The van der Waals surface area contributed by atoms with Crippen LogP contribution in [-0.2, 0) is 0 Å². The Balaban J connectivity index is 1.56. The molecule has 3 rings (SSSR count). The van der Waals surface area contributed by atoms with Crippen LogP contribution in [0.4, 0.5) is 0 Å². The number of rotatable bonds is 4. The summed E-state index contributed by atoms with van der Waals surface area (Å²) in [6, 6.07) is 14.1. The van der Waals surface area contributed by atoms with Gasteiger partial charge >= 0.3 is 0 Å². The summed E-state index contributed by atoms with van der Waals surface area (Å²) in [7, 11) is 0. The molecule has 1 amide bonds. The first kappa shape index (κ1) is 15.1. The number of carbonyl (C=O) groups excluding carboxylic acids is 1. The number of likely N-dealkylation sites (tertiary alicyclic amines) is 1. The average molecular weight is 312 g/mol. The highest BCUT2D eigenvalue weighted by Crippen LogP contribution is 2.26. The van der Waals surface area contributed by atoms with E-state index >= 15 is 0 Å². The van der Waals surface area contributed by atoms with Crippen LogP contribution in [0.1, 0.15) is 23.2 Å². The van der Waals surface area contributed by atoms with Gasteiger partial charge in [0, 0.05) is 41.7 Å². The topological polar surface area (TPSA) is 33.2 Å². The van der Waals surface area contributed by atoms with E-state index in [1.807, 2.05) is 22.7 Å². The normalized spacial score (nSPS) is 18.2. The lowest BCUT2D eigenvalue weighted by Crippen LogP contribution is -2.40. The number of carbonyl (C=O) groups is 1. The molecule has 1 aliphatic rings. The molecule has 2 heterocycles. The third kappa shape index (κ3) is 3.89. The Labute approximate surface area is 135 Å². The van der Waals surface area contributed by atoms with Gasteiger partial charge in [-0.15, -0.1) is 11.8 Å². The van der Waals surface area contributed by atoms with Crippen molar-refractivity contribution in [3.63, 3.8) is 0 Å². The Hall–Kier alpha value is -1.81. The Morgan fingerprint density at radius 2 is 1.95 bits per heavy atom. The van der Waals surface area contributed by atoms with Crippen molar-refractivity contribution in [1.82, 2.24) is 9.88 Å². The zero-order chi connectivity index (χ0) is 15.2. The molecule has 1 aromatic heterocycles. The van der Waals surface area contributed by atoms with E-state index in [4.69, 9.17) is 0 Å². The maximum absolute atomic E-state index is 12.5. The van der Waals surface area contributed by atoms with Crippen molar-refractivity contribution < 1.29 is 4.79 Å². The van der Waals surface area contributed by atoms with Gasteiger partial charge < -0.3 is 4.90 Å². The highest BCUT2D eigenvalue weighted by Gasteiger charge is 2.24. The number of piperidine rings is 1. The maximum Gasteiger partial charge on any atom is 0.253 e. The predicted molar refractivity (Wildman–Crippen MR) is 90.0 cm³/mol. The van der Waals surface area contributed by atoms with Gasteiger partial charge in [0.1, 0.15) is 0 Å². The number of hydrogen-bond donors (Lipinski definition) is 0. The van der Waals surface area contributed by atoms with Gasteiger partial charge in [-0.3, -0.25) is 9.78 Å². The minimum Gasteiger partial charge on any atom is -0.338 e. The second-order valence-corrected chi connectivity index (χ2v) is 6.71. The number of benzene rings is 1. The monoisotopic (exact) mass is 312 g/mol. The third-order valence-corrected chi connectivity index (χ3v) is 5.21. The van der Waals surface area contributed by atoms with Gasteiger partial charge in [0.25, 0.3) is 5.91 Å². The van der Waals surface area contributed by atoms with Crippen LogP contribution in [0, 0.1) is 5.92 Å². The lowest BCUT2D eigenvalue weighted by molar-refractivity contribution is 0.0685. The maximum atomic E-state index is 12.5. The van der Waals surface area contributed by atoms with Crippen LogP contribution in [0.25, 0.3) is 0 Å². The van der Waals surface area contributed by atoms with Crippen molar-refractivity contribution in [2.45, 2.75) is 17.7 Å². The molecule has 1 unspecified atom stereocenters. The Bertz CT molecular complexity index is 603. The number of amides is 1. The summed E-state index contributed by atoms with van der Waals surface area (Å²) in [6.45, 7) is 1.73. The van der Waals surface area contributed by atoms with Crippen LogP contribution < -0.4 is 0 Å². The number of aromatic nitrogens is 1. The molecule has 1 aromatic carbocycles. The molecule has 2 aromatic rings. The first-order valence-electron chi connectivity index (χ1n) is 7.70. The Kier molecular flexibility index (Phi) is 5.11. The summed E-state index contributed by atoms with van der Waals surface area (Å²) in [5, 5.41) is 0. The Morgan fingerprint density at radius 1 is 1.18 bits per heavy atom. The van der Waals surface area contributed by atoms with Gasteiger partial charge in [-0.05, 0) is 43.0 Å². The van der Waals surface area contributed by atoms with Crippen molar-refractivity contribution in [3.8, 4) is 0 Å². The minimum atomic E-state index is 0.136. The van der Waals surface area contributed by atoms with Gasteiger partial charge in [0.2, 0.25) is 0 Å². The van der Waals surface area contributed by atoms with Gasteiger partial charge in [0.05, 0.1) is 0 Å². The molecule has 0 N–H and O–H groups in total. The molecular formula is C18H20N2OS. The van der Waals surface area contributed by atoms with E-state index in [0.717, 1.165) is 30.8 Å². The van der Waals surface area contributed by atoms with Gasteiger partial charge in [-0.2, -0.15) is 0 Å². The molecule has 3 nitrogen and oxygen atoms in total. The third-order valence-electron chi connectivity index (χ3n) is 3.96. The van der Waals surface area contributed by atoms with E-state index in [1.54, 1.807) is 24.5 Å². The summed E-state index contributed by atoms with van der Waals surface area (Å²) in [4.78, 5) is 19.8. The van der Waals surface area contributed by atoms with Crippen LogP contribution in [0.2, 0.25) is 0 Å². The van der Waals surface area contributed by atoms with Crippen molar-refractivity contribution in [2.24, 2.45) is 5.92 Å². The highest BCUT2D eigenvalue weighted by molar-refractivity contribution is 7.99. The zero-order valence-corrected chi connectivity index (χ0v) is 13.3.